The number of carbonyl (C=O) groups is 1. The molecule has 0 aliphatic rings. The zero-order chi connectivity index (χ0) is 7.49. The molecule has 2 amide bonds. The van der Waals surface area contributed by atoms with Crippen molar-refractivity contribution in [2.24, 2.45) is 5.73 Å². The summed E-state index contributed by atoms with van der Waals surface area (Å²) in [5.74, 6) is 0. The number of halogens is 1. The van der Waals surface area contributed by atoms with Crippen LogP contribution in [0.25, 0.3) is 0 Å². The van der Waals surface area contributed by atoms with Gasteiger partial charge in [-0.05, 0) is 0 Å². The quantitative estimate of drug-likeness (QED) is 0.532. The highest BCUT2D eigenvalue weighted by atomic mass is 32.2. The van der Waals surface area contributed by atoms with E-state index in [1.807, 2.05) is 0 Å². The Morgan fingerprint density at radius 1 is 1.67 bits per heavy atom. The molecule has 3 N–H and O–H groups in total. The van der Waals surface area contributed by atoms with Crippen LogP contribution in [0.1, 0.15) is 0 Å². The maximum atomic E-state index is 11.3. The fourth-order valence-corrected chi connectivity index (χ4v) is 0.542. The molecule has 9 heavy (non-hydrogen) atoms. The SMILES string of the molecule is NC(=O)NS(=O)(=O)CF. The summed E-state index contributed by atoms with van der Waals surface area (Å²) < 4.78 is 32.5. The molecule has 7 heteroatoms. The number of rotatable bonds is 2. The molecule has 0 saturated carbocycles. The van der Waals surface area contributed by atoms with E-state index in [-0.39, 0.29) is 0 Å². The minimum atomic E-state index is -4.11. The number of amides is 2. The zero-order valence-electron chi connectivity index (χ0n) is 4.30. The summed E-state index contributed by atoms with van der Waals surface area (Å²) in [6.45, 7) is 0. The van der Waals surface area contributed by atoms with Crippen LogP contribution in [0.5, 0.6) is 0 Å². The van der Waals surface area contributed by atoms with Crippen LogP contribution in [-0.4, -0.2) is 20.5 Å². The molecule has 0 rings (SSSR count). The van der Waals surface area contributed by atoms with Gasteiger partial charge in [-0.15, -0.1) is 0 Å². The molecule has 0 spiro atoms. The van der Waals surface area contributed by atoms with Crippen molar-refractivity contribution >= 4 is 16.1 Å². The van der Waals surface area contributed by atoms with Crippen molar-refractivity contribution < 1.29 is 17.6 Å². The van der Waals surface area contributed by atoms with Crippen LogP contribution in [0.4, 0.5) is 9.18 Å². The molecular weight excluding hydrogens is 151 g/mol. The number of sulfonamides is 1. The van der Waals surface area contributed by atoms with Crippen LogP contribution in [0.3, 0.4) is 0 Å². The first kappa shape index (κ1) is 8.15. The van der Waals surface area contributed by atoms with Crippen LogP contribution in [-0.2, 0) is 10.0 Å². The van der Waals surface area contributed by atoms with Crippen molar-refractivity contribution in [3.05, 3.63) is 0 Å². The summed E-state index contributed by atoms with van der Waals surface area (Å²) in [5, 5.41) is 0. The third-order valence-electron chi connectivity index (χ3n) is 0.400. The number of hydrogen-bond donors (Lipinski definition) is 2. The lowest BCUT2D eigenvalue weighted by molar-refractivity contribution is 0.253. The predicted octanol–water partition coefficient (Wildman–Crippen LogP) is -1.09. The Balaban J connectivity index is 4.06. The van der Waals surface area contributed by atoms with Crippen LogP contribution in [0.2, 0.25) is 0 Å². The van der Waals surface area contributed by atoms with Gasteiger partial charge in [0.05, 0.1) is 0 Å². The summed E-state index contributed by atoms with van der Waals surface area (Å²) in [6, 6.07) is -2.93. The fourth-order valence-electron chi connectivity index (χ4n) is 0.181. The summed E-state index contributed by atoms with van der Waals surface area (Å²) in [4.78, 5) is 9.74. The number of carbonyl (C=O) groups excluding carboxylic acids is 1. The van der Waals surface area contributed by atoms with Crippen LogP contribution < -0.4 is 10.5 Å². The van der Waals surface area contributed by atoms with Crippen molar-refractivity contribution in [3.63, 3.8) is 0 Å². The highest BCUT2D eigenvalue weighted by molar-refractivity contribution is 7.89. The van der Waals surface area contributed by atoms with E-state index in [1.54, 1.807) is 0 Å². The third-order valence-corrected chi connectivity index (χ3v) is 1.20. The molecular formula is C2H5FN2O3S. The molecule has 0 atom stereocenters. The summed E-state index contributed by atoms with van der Waals surface area (Å²) in [7, 11) is -4.11. The molecule has 0 unspecified atom stereocenters. The molecule has 0 fully saturated rings. The molecule has 0 bridgehead atoms. The summed E-state index contributed by atoms with van der Waals surface area (Å²) in [5.41, 5.74) is 4.36. The van der Waals surface area contributed by atoms with E-state index in [9.17, 15) is 17.6 Å². The Kier molecular flexibility index (Phi) is 2.38. The highest BCUT2D eigenvalue weighted by Gasteiger charge is 2.09. The Bertz CT molecular complexity index is 198. The van der Waals surface area contributed by atoms with Gasteiger partial charge in [0, 0.05) is 0 Å². The molecule has 0 saturated heterocycles. The average molecular weight is 156 g/mol. The number of hydrogen-bond acceptors (Lipinski definition) is 3. The molecule has 0 radical (unpaired) electrons. The van der Waals surface area contributed by atoms with Gasteiger partial charge in [0.2, 0.25) is 6.01 Å². The van der Waals surface area contributed by atoms with Gasteiger partial charge in [-0.1, -0.05) is 0 Å². The highest BCUT2D eigenvalue weighted by Crippen LogP contribution is 1.81. The van der Waals surface area contributed by atoms with Crippen LogP contribution in [0, 0.1) is 0 Å². The van der Waals surface area contributed by atoms with Crippen molar-refractivity contribution in [2.45, 2.75) is 0 Å². The monoisotopic (exact) mass is 156 g/mol. The first-order valence-electron chi connectivity index (χ1n) is 1.84. The van der Waals surface area contributed by atoms with Crippen LogP contribution in [0.15, 0.2) is 0 Å². The van der Waals surface area contributed by atoms with Gasteiger partial charge < -0.3 is 5.73 Å². The Morgan fingerprint density at radius 3 is 2.22 bits per heavy atom. The van der Waals surface area contributed by atoms with E-state index < -0.39 is 22.1 Å². The number of nitrogens with two attached hydrogens (primary N) is 1. The first-order valence-corrected chi connectivity index (χ1v) is 3.49. The molecule has 0 aromatic carbocycles. The normalized spacial score (nSPS) is 10.8. The predicted molar refractivity (Wildman–Crippen MR) is 27.6 cm³/mol. The Morgan fingerprint density at radius 2 is 2.11 bits per heavy atom. The topological polar surface area (TPSA) is 89.3 Å². The number of nitrogens with one attached hydrogen (secondary N) is 1. The molecule has 0 heterocycles. The molecule has 0 aromatic heterocycles. The standard InChI is InChI=1S/C2H5FN2O3S/c3-1-9(7,8)5-2(4)6/h1H2,(H3,4,5,6). The largest absolute Gasteiger partial charge is 0.351 e. The lowest BCUT2D eigenvalue weighted by atomic mass is 11.2. The smallest absolute Gasteiger partial charge is 0.325 e. The second-order valence-corrected chi connectivity index (χ2v) is 2.84. The lowest BCUT2D eigenvalue weighted by Gasteiger charge is -1.95. The minimum Gasteiger partial charge on any atom is -0.351 e. The van der Waals surface area contributed by atoms with Gasteiger partial charge in [0.15, 0.2) is 0 Å². The maximum Gasteiger partial charge on any atom is 0.325 e. The van der Waals surface area contributed by atoms with Crippen molar-refractivity contribution in [2.75, 3.05) is 6.01 Å². The summed E-state index contributed by atoms with van der Waals surface area (Å²) in [6.07, 6.45) is 0. The fraction of sp³-hybridized carbons (Fsp3) is 0.500. The van der Waals surface area contributed by atoms with Crippen molar-refractivity contribution in [1.29, 1.82) is 0 Å². The first-order chi connectivity index (χ1) is 3.98. The zero-order valence-corrected chi connectivity index (χ0v) is 5.11. The van der Waals surface area contributed by atoms with E-state index in [0.717, 1.165) is 0 Å². The second-order valence-electron chi connectivity index (χ2n) is 1.19. The molecule has 0 aliphatic heterocycles. The lowest BCUT2D eigenvalue weighted by Crippen LogP contribution is -2.35. The van der Waals surface area contributed by atoms with E-state index in [1.165, 1.54) is 4.72 Å². The second kappa shape index (κ2) is 2.62. The van der Waals surface area contributed by atoms with E-state index >= 15 is 0 Å². The number of urea groups is 1. The van der Waals surface area contributed by atoms with E-state index in [2.05, 4.69) is 5.73 Å². The van der Waals surface area contributed by atoms with Gasteiger partial charge in [0.1, 0.15) is 0 Å². The van der Waals surface area contributed by atoms with Gasteiger partial charge in [0.25, 0.3) is 10.0 Å². The third kappa shape index (κ3) is 3.71. The van der Waals surface area contributed by atoms with Gasteiger partial charge >= 0.3 is 6.03 Å². The van der Waals surface area contributed by atoms with Crippen molar-refractivity contribution in [3.8, 4) is 0 Å². The molecule has 0 aromatic rings. The molecule has 54 valence electrons. The van der Waals surface area contributed by atoms with Crippen molar-refractivity contribution in [1.82, 2.24) is 4.72 Å². The number of alkyl halides is 1. The number of primary amides is 1. The Hall–Kier alpha value is -0.850. The maximum absolute atomic E-state index is 11.3. The Labute approximate surface area is 51.1 Å². The van der Waals surface area contributed by atoms with Gasteiger partial charge in [-0.25, -0.2) is 22.3 Å². The summed E-state index contributed by atoms with van der Waals surface area (Å²) >= 11 is 0. The van der Waals surface area contributed by atoms with E-state index in [4.69, 9.17) is 0 Å². The van der Waals surface area contributed by atoms with Gasteiger partial charge in [-0.3, -0.25) is 0 Å². The molecule has 0 aliphatic carbocycles. The van der Waals surface area contributed by atoms with Crippen LogP contribution >= 0.6 is 0 Å². The average Bonchev–Trinajstić information content (AvgIpc) is 1.63. The molecule has 5 nitrogen and oxygen atoms in total. The minimum absolute atomic E-state index is 1.20. The van der Waals surface area contributed by atoms with Gasteiger partial charge in [-0.2, -0.15) is 0 Å². The van der Waals surface area contributed by atoms with E-state index in [0.29, 0.717) is 0 Å².